The Bertz CT molecular complexity index is 1320. The van der Waals surface area contributed by atoms with Crippen LogP contribution in [0.4, 0.5) is 17.5 Å². The number of nitrogens with zero attached hydrogens (tertiary/aromatic N) is 3. The largest absolute Gasteiger partial charge is 0.478 e. The molecule has 9 heteroatoms. The maximum absolute atomic E-state index is 11.4. The number of fused-ring (bicyclic) bond motifs is 3. The van der Waals surface area contributed by atoms with Gasteiger partial charge in [0.25, 0.3) is 0 Å². The molecule has 2 aromatic heterocycles. The van der Waals surface area contributed by atoms with Gasteiger partial charge in [-0.05, 0) is 36.8 Å². The van der Waals surface area contributed by atoms with Crippen molar-refractivity contribution in [3.05, 3.63) is 59.8 Å². The highest BCUT2D eigenvalue weighted by molar-refractivity contribution is 6.10. The van der Waals surface area contributed by atoms with E-state index >= 15 is 0 Å². The molecule has 0 aliphatic heterocycles. The fourth-order valence-electron chi connectivity index (χ4n) is 3.25. The van der Waals surface area contributed by atoms with Crippen molar-refractivity contribution in [3.63, 3.8) is 0 Å². The number of rotatable bonds is 7. The van der Waals surface area contributed by atoms with Crippen LogP contribution in [0.1, 0.15) is 22.3 Å². The van der Waals surface area contributed by atoms with Crippen molar-refractivity contribution in [3.8, 4) is 0 Å². The molecule has 4 aromatic rings. The monoisotopic (exact) mass is 416 g/mol. The van der Waals surface area contributed by atoms with Crippen molar-refractivity contribution >= 4 is 51.1 Å². The number of aromatic carboxylic acids is 1. The van der Waals surface area contributed by atoms with Crippen LogP contribution < -0.4 is 16.4 Å². The summed E-state index contributed by atoms with van der Waals surface area (Å²) in [4.78, 5) is 36.0. The highest BCUT2D eigenvalue weighted by Gasteiger charge is 2.14. The quantitative estimate of drug-likeness (QED) is 0.336. The molecular formula is C22H20N6O3. The summed E-state index contributed by atoms with van der Waals surface area (Å²) < 4.78 is 0. The molecule has 0 spiro atoms. The summed E-state index contributed by atoms with van der Waals surface area (Å²) in [6, 6.07) is 12.5. The van der Waals surface area contributed by atoms with Crippen molar-refractivity contribution in [1.29, 1.82) is 0 Å². The number of nitrogens with two attached hydrogens (primary N) is 1. The minimum absolute atomic E-state index is 0.145. The Balaban J connectivity index is 1.85. The zero-order valence-corrected chi connectivity index (χ0v) is 16.7. The lowest BCUT2D eigenvalue weighted by molar-refractivity contribution is -0.117. The molecule has 0 radical (unpaired) electrons. The number of hydrogen-bond acceptors (Lipinski definition) is 7. The number of carboxylic acid groups (broad SMARTS) is 1. The standard InChI is InChI=1S/C22H20N6O3/c1-12-3-2-4-14(9-12)26-20-19-16(11-25-22(28-19)24-8-7-18(23)29)15-6-5-13(21(30)31)10-17(15)27-20/h2-6,9-11H,7-8H2,1H3,(H2,23,29)(H,26,27)(H,30,31)(H,24,25,28). The summed E-state index contributed by atoms with van der Waals surface area (Å²) in [5.41, 5.74) is 8.31. The topological polar surface area (TPSA) is 143 Å². The number of nitrogens with one attached hydrogen (secondary N) is 2. The third-order valence-electron chi connectivity index (χ3n) is 4.72. The first-order chi connectivity index (χ1) is 14.9. The maximum atomic E-state index is 11.4. The predicted octanol–water partition coefficient (Wildman–Crippen LogP) is 3.22. The van der Waals surface area contributed by atoms with E-state index in [0.29, 0.717) is 29.3 Å². The number of aryl methyl sites for hydroxylation is 1. The van der Waals surface area contributed by atoms with Gasteiger partial charge in [-0.2, -0.15) is 0 Å². The van der Waals surface area contributed by atoms with Gasteiger partial charge in [-0.1, -0.05) is 18.2 Å². The summed E-state index contributed by atoms with van der Waals surface area (Å²) in [5.74, 6) is -0.639. The number of pyridine rings is 1. The van der Waals surface area contributed by atoms with Gasteiger partial charge in [0.1, 0.15) is 5.52 Å². The van der Waals surface area contributed by atoms with Gasteiger partial charge in [0, 0.05) is 35.6 Å². The average molecular weight is 416 g/mol. The fourth-order valence-corrected chi connectivity index (χ4v) is 3.25. The number of hydrogen-bond donors (Lipinski definition) is 4. The van der Waals surface area contributed by atoms with Crippen molar-refractivity contribution in [2.24, 2.45) is 5.73 Å². The van der Waals surface area contributed by atoms with Crippen LogP contribution in [0.2, 0.25) is 0 Å². The van der Waals surface area contributed by atoms with E-state index in [4.69, 9.17) is 5.73 Å². The molecule has 31 heavy (non-hydrogen) atoms. The van der Waals surface area contributed by atoms with E-state index in [0.717, 1.165) is 22.0 Å². The second-order valence-electron chi connectivity index (χ2n) is 7.09. The average Bonchev–Trinajstić information content (AvgIpc) is 2.73. The zero-order valence-electron chi connectivity index (χ0n) is 16.7. The van der Waals surface area contributed by atoms with E-state index in [1.807, 2.05) is 31.2 Å². The maximum Gasteiger partial charge on any atom is 0.335 e. The van der Waals surface area contributed by atoms with Gasteiger partial charge in [-0.15, -0.1) is 0 Å². The smallest absolute Gasteiger partial charge is 0.335 e. The van der Waals surface area contributed by atoms with Crippen molar-refractivity contribution in [2.45, 2.75) is 13.3 Å². The van der Waals surface area contributed by atoms with Crippen molar-refractivity contribution in [2.75, 3.05) is 17.2 Å². The molecule has 1 amide bonds. The SMILES string of the molecule is Cc1cccc(Nc2nc3cc(C(=O)O)ccc3c3cnc(NCCC(N)=O)nc23)c1. The third-order valence-corrected chi connectivity index (χ3v) is 4.72. The van der Waals surface area contributed by atoms with Gasteiger partial charge in [-0.25, -0.2) is 19.7 Å². The van der Waals surface area contributed by atoms with E-state index in [1.54, 1.807) is 12.3 Å². The molecule has 0 aliphatic carbocycles. The van der Waals surface area contributed by atoms with Crippen LogP contribution in [0.5, 0.6) is 0 Å². The Hall–Kier alpha value is -4.27. The molecule has 0 unspecified atom stereocenters. The first-order valence-electron chi connectivity index (χ1n) is 9.60. The minimum Gasteiger partial charge on any atom is -0.478 e. The van der Waals surface area contributed by atoms with Crippen LogP contribution in [0.15, 0.2) is 48.7 Å². The number of carbonyl (C=O) groups excluding carboxylic acids is 1. The molecule has 9 nitrogen and oxygen atoms in total. The number of carbonyl (C=O) groups is 2. The van der Waals surface area contributed by atoms with Gasteiger partial charge in [0.2, 0.25) is 11.9 Å². The summed E-state index contributed by atoms with van der Waals surface area (Å²) in [6.07, 6.45) is 1.81. The molecule has 2 heterocycles. The normalized spacial score (nSPS) is 10.9. The molecule has 2 aromatic carbocycles. The Kier molecular flexibility index (Phi) is 5.31. The van der Waals surface area contributed by atoms with Gasteiger partial charge < -0.3 is 21.5 Å². The Morgan fingerprint density at radius 3 is 2.68 bits per heavy atom. The molecular weight excluding hydrogens is 396 g/mol. The molecule has 0 fully saturated rings. The van der Waals surface area contributed by atoms with Crippen molar-refractivity contribution in [1.82, 2.24) is 15.0 Å². The lowest BCUT2D eigenvalue weighted by Crippen LogP contribution is -2.16. The number of amides is 1. The summed E-state index contributed by atoms with van der Waals surface area (Å²) in [7, 11) is 0. The zero-order chi connectivity index (χ0) is 22.0. The van der Waals surface area contributed by atoms with Gasteiger partial charge >= 0.3 is 5.97 Å². The molecule has 0 bridgehead atoms. The van der Waals surface area contributed by atoms with E-state index in [1.165, 1.54) is 12.1 Å². The summed E-state index contributed by atoms with van der Waals surface area (Å²) in [6.45, 7) is 2.30. The second kappa shape index (κ2) is 8.23. The molecule has 156 valence electrons. The molecule has 0 saturated carbocycles. The van der Waals surface area contributed by atoms with Crippen LogP contribution >= 0.6 is 0 Å². The molecule has 0 aliphatic rings. The second-order valence-corrected chi connectivity index (χ2v) is 7.09. The van der Waals surface area contributed by atoms with Gasteiger partial charge in [0.15, 0.2) is 5.82 Å². The number of benzene rings is 2. The fraction of sp³-hybridized carbons (Fsp3) is 0.136. The van der Waals surface area contributed by atoms with Crippen molar-refractivity contribution < 1.29 is 14.7 Å². The van der Waals surface area contributed by atoms with E-state index in [-0.39, 0.29) is 12.0 Å². The van der Waals surface area contributed by atoms with Gasteiger partial charge in [0.05, 0.1) is 11.1 Å². The first-order valence-corrected chi connectivity index (χ1v) is 9.60. The van der Waals surface area contributed by atoms with E-state index in [9.17, 15) is 14.7 Å². The van der Waals surface area contributed by atoms with Gasteiger partial charge in [-0.3, -0.25) is 4.79 Å². The Labute approximate surface area is 177 Å². The first kappa shape index (κ1) is 20.0. The highest BCUT2D eigenvalue weighted by atomic mass is 16.4. The number of anilines is 3. The van der Waals surface area contributed by atoms with Crippen LogP contribution in [0.25, 0.3) is 21.8 Å². The summed E-state index contributed by atoms with van der Waals surface area (Å²) in [5, 5.41) is 17.1. The Morgan fingerprint density at radius 2 is 1.94 bits per heavy atom. The van der Waals surface area contributed by atoms with E-state index < -0.39 is 11.9 Å². The molecule has 4 rings (SSSR count). The van der Waals surface area contributed by atoms with Crippen LogP contribution in [0.3, 0.4) is 0 Å². The van der Waals surface area contributed by atoms with Crippen LogP contribution in [0, 0.1) is 6.92 Å². The minimum atomic E-state index is -1.03. The van der Waals surface area contributed by atoms with Crippen LogP contribution in [-0.4, -0.2) is 38.5 Å². The Morgan fingerprint density at radius 1 is 1.10 bits per heavy atom. The number of aromatic nitrogens is 3. The lowest BCUT2D eigenvalue weighted by Gasteiger charge is -2.13. The third kappa shape index (κ3) is 4.35. The highest BCUT2D eigenvalue weighted by Crippen LogP contribution is 2.31. The molecule has 0 saturated heterocycles. The summed E-state index contributed by atoms with van der Waals surface area (Å²) >= 11 is 0. The molecule has 5 N–H and O–H groups in total. The van der Waals surface area contributed by atoms with E-state index in [2.05, 4.69) is 25.6 Å². The molecule has 0 atom stereocenters. The number of carboxylic acids is 1. The number of primary amides is 1. The lowest BCUT2D eigenvalue weighted by atomic mass is 10.1. The predicted molar refractivity (Wildman–Crippen MR) is 119 cm³/mol. The van der Waals surface area contributed by atoms with Crippen LogP contribution in [-0.2, 0) is 4.79 Å².